The molecule has 0 fully saturated rings. The van der Waals surface area contributed by atoms with Gasteiger partial charge in [0, 0.05) is 27.3 Å². The lowest BCUT2D eigenvalue weighted by atomic mass is 10.3. The molecule has 0 aliphatic carbocycles. The fraction of sp³-hybridized carbons (Fsp3) is 0.545. The molecule has 6 nitrogen and oxygen atoms in total. The highest BCUT2D eigenvalue weighted by Crippen LogP contribution is 2.00. The van der Waals surface area contributed by atoms with E-state index in [1.54, 1.807) is 20.4 Å². The van der Waals surface area contributed by atoms with Gasteiger partial charge in [0.1, 0.15) is 11.5 Å². The molecule has 0 aliphatic heterocycles. The van der Waals surface area contributed by atoms with Gasteiger partial charge in [-0.25, -0.2) is 4.98 Å². The van der Waals surface area contributed by atoms with E-state index >= 15 is 0 Å². The number of carbonyl (C=O) groups excluding carboxylic acids is 1. The average molecular weight is 238 g/mol. The van der Waals surface area contributed by atoms with Gasteiger partial charge in [0.25, 0.3) is 5.91 Å². The van der Waals surface area contributed by atoms with Crippen LogP contribution in [0.1, 0.15) is 23.3 Å². The van der Waals surface area contributed by atoms with Gasteiger partial charge >= 0.3 is 0 Å². The van der Waals surface area contributed by atoms with Crippen LogP contribution < -0.4 is 10.6 Å². The first-order chi connectivity index (χ1) is 8.27. The van der Waals surface area contributed by atoms with Crippen LogP contribution in [0.3, 0.4) is 0 Å². The van der Waals surface area contributed by atoms with E-state index in [4.69, 9.17) is 4.74 Å². The second kappa shape index (κ2) is 7.56. The number of nitrogens with zero attached hydrogens (tertiary/aromatic N) is 2. The third-order valence-electron chi connectivity index (χ3n) is 2.18. The SMILES string of the molecule is CNc1cncc(C(=O)NCCCCOC)n1. The zero-order valence-corrected chi connectivity index (χ0v) is 10.2. The van der Waals surface area contributed by atoms with Gasteiger partial charge in [-0.3, -0.25) is 9.78 Å². The molecule has 0 aromatic carbocycles. The molecule has 0 aliphatic rings. The summed E-state index contributed by atoms with van der Waals surface area (Å²) in [6.07, 6.45) is 4.83. The van der Waals surface area contributed by atoms with Crippen molar-refractivity contribution in [3.8, 4) is 0 Å². The molecule has 1 heterocycles. The molecule has 2 N–H and O–H groups in total. The minimum absolute atomic E-state index is 0.202. The predicted molar refractivity (Wildman–Crippen MR) is 65.0 cm³/mol. The molecule has 0 atom stereocenters. The number of carbonyl (C=O) groups is 1. The Hall–Kier alpha value is -1.69. The normalized spacial score (nSPS) is 10.0. The minimum Gasteiger partial charge on any atom is -0.385 e. The number of anilines is 1. The summed E-state index contributed by atoms with van der Waals surface area (Å²) in [7, 11) is 3.40. The highest BCUT2D eigenvalue weighted by molar-refractivity contribution is 5.92. The van der Waals surface area contributed by atoms with Crippen molar-refractivity contribution in [1.82, 2.24) is 15.3 Å². The van der Waals surface area contributed by atoms with Gasteiger partial charge in [0.15, 0.2) is 0 Å². The summed E-state index contributed by atoms with van der Waals surface area (Å²) in [5.74, 6) is 0.379. The Morgan fingerprint density at radius 2 is 2.24 bits per heavy atom. The zero-order chi connectivity index (χ0) is 12.5. The van der Waals surface area contributed by atoms with Crippen molar-refractivity contribution in [1.29, 1.82) is 0 Å². The van der Waals surface area contributed by atoms with Gasteiger partial charge in [0.05, 0.1) is 12.4 Å². The van der Waals surface area contributed by atoms with Crippen LogP contribution in [0.2, 0.25) is 0 Å². The Balaban J connectivity index is 2.36. The number of hydrogen-bond acceptors (Lipinski definition) is 5. The second-order valence-electron chi connectivity index (χ2n) is 3.50. The molecule has 1 amide bonds. The van der Waals surface area contributed by atoms with Crippen molar-refractivity contribution >= 4 is 11.7 Å². The molecular weight excluding hydrogens is 220 g/mol. The fourth-order valence-corrected chi connectivity index (χ4v) is 1.26. The number of nitrogens with one attached hydrogen (secondary N) is 2. The summed E-state index contributed by atoms with van der Waals surface area (Å²) >= 11 is 0. The maximum atomic E-state index is 11.7. The number of aromatic nitrogens is 2. The first-order valence-electron chi connectivity index (χ1n) is 5.55. The van der Waals surface area contributed by atoms with Gasteiger partial charge in [0.2, 0.25) is 0 Å². The highest BCUT2D eigenvalue weighted by Gasteiger charge is 2.07. The molecule has 0 spiro atoms. The van der Waals surface area contributed by atoms with Crippen LogP contribution in [0.4, 0.5) is 5.82 Å². The molecule has 94 valence electrons. The Morgan fingerprint density at radius 1 is 1.41 bits per heavy atom. The molecule has 1 rings (SSSR count). The van der Waals surface area contributed by atoms with E-state index < -0.39 is 0 Å². The van der Waals surface area contributed by atoms with Crippen LogP contribution in [0.25, 0.3) is 0 Å². The highest BCUT2D eigenvalue weighted by atomic mass is 16.5. The van der Waals surface area contributed by atoms with Gasteiger partial charge in [-0.15, -0.1) is 0 Å². The number of methoxy groups -OCH3 is 1. The summed E-state index contributed by atoms with van der Waals surface area (Å²) in [6.45, 7) is 1.33. The average Bonchev–Trinajstić information content (AvgIpc) is 2.38. The predicted octanol–water partition coefficient (Wildman–Crippen LogP) is 0.675. The number of rotatable bonds is 7. The standard InChI is InChI=1S/C11H18N4O2/c1-12-10-8-13-7-9(15-10)11(16)14-5-3-4-6-17-2/h7-8H,3-6H2,1-2H3,(H,12,15)(H,14,16). The van der Waals surface area contributed by atoms with E-state index in [1.807, 2.05) is 0 Å². The maximum absolute atomic E-state index is 11.7. The van der Waals surface area contributed by atoms with Crippen molar-refractivity contribution < 1.29 is 9.53 Å². The largest absolute Gasteiger partial charge is 0.385 e. The van der Waals surface area contributed by atoms with E-state index in [-0.39, 0.29) is 5.91 Å². The summed E-state index contributed by atoms with van der Waals surface area (Å²) < 4.78 is 4.92. The third-order valence-corrected chi connectivity index (χ3v) is 2.18. The van der Waals surface area contributed by atoms with Crippen LogP contribution in [0.5, 0.6) is 0 Å². The molecular formula is C11H18N4O2. The van der Waals surface area contributed by atoms with Crippen molar-refractivity contribution in [2.24, 2.45) is 0 Å². The molecule has 17 heavy (non-hydrogen) atoms. The quantitative estimate of drug-likeness (QED) is 0.683. The topological polar surface area (TPSA) is 76.1 Å². The fourth-order valence-electron chi connectivity index (χ4n) is 1.26. The Morgan fingerprint density at radius 3 is 2.94 bits per heavy atom. The van der Waals surface area contributed by atoms with Crippen LogP contribution in [0, 0.1) is 0 Å². The molecule has 1 aromatic heterocycles. The first kappa shape index (κ1) is 13.4. The van der Waals surface area contributed by atoms with E-state index in [0.717, 1.165) is 12.8 Å². The lowest BCUT2D eigenvalue weighted by Crippen LogP contribution is -2.25. The molecule has 0 bridgehead atoms. The monoisotopic (exact) mass is 238 g/mol. The molecule has 0 unspecified atom stereocenters. The van der Waals surface area contributed by atoms with Crippen molar-refractivity contribution in [2.75, 3.05) is 32.6 Å². The molecule has 0 radical (unpaired) electrons. The molecule has 1 aromatic rings. The van der Waals surface area contributed by atoms with Crippen LogP contribution >= 0.6 is 0 Å². The van der Waals surface area contributed by atoms with Crippen LogP contribution in [-0.4, -0.2) is 43.2 Å². The van der Waals surface area contributed by atoms with E-state index in [0.29, 0.717) is 24.7 Å². The maximum Gasteiger partial charge on any atom is 0.271 e. The van der Waals surface area contributed by atoms with Gasteiger partial charge in [-0.2, -0.15) is 0 Å². The van der Waals surface area contributed by atoms with Crippen LogP contribution in [-0.2, 0) is 4.74 Å². The van der Waals surface area contributed by atoms with E-state index in [1.165, 1.54) is 6.20 Å². The number of unbranched alkanes of at least 4 members (excludes halogenated alkanes) is 1. The van der Waals surface area contributed by atoms with Crippen molar-refractivity contribution in [3.63, 3.8) is 0 Å². The Bertz CT molecular complexity index is 357. The summed E-state index contributed by atoms with van der Waals surface area (Å²) in [5.41, 5.74) is 0.323. The van der Waals surface area contributed by atoms with E-state index in [9.17, 15) is 4.79 Å². The van der Waals surface area contributed by atoms with E-state index in [2.05, 4.69) is 20.6 Å². The first-order valence-corrected chi connectivity index (χ1v) is 5.55. The molecule has 0 saturated heterocycles. The van der Waals surface area contributed by atoms with Crippen molar-refractivity contribution in [3.05, 3.63) is 18.1 Å². The second-order valence-corrected chi connectivity index (χ2v) is 3.50. The number of ether oxygens (including phenoxy) is 1. The summed E-state index contributed by atoms with van der Waals surface area (Å²) in [4.78, 5) is 19.7. The number of amides is 1. The summed E-state index contributed by atoms with van der Waals surface area (Å²) in [5, 5.41) is 5.62. The van der Waals surface area contributed by atoms with Gasteiger partial charge in [-0.1, -0.05) is 0 Å². The smallest absolute Gasteiger partial charge is 0.271 e. The summed E-state index contributed by atoms with van der Waals surface area (Å²) in [6, 6.07) is 0. The van der Waals surface area contributed by atoms with Crippen molar-refractivity contribution in [2.45, 2.75) is 12.8 Å². The zero-order valence-electron chi connectivity index (χ0n) is 10.2. The lowest BCUT2D eigenvalue weighted by molar-refractivity contribution is 0.0946. The third kappa shape index (κ3) is 4.78. The Kier molecular flexibility index (Phi) is 5.95. The minimum atomic E-state index is -0.202. The lowest BCUT2D eigenvalue weighted by Gasteiger charge is -2.05. The van der Waals surface area contributed by atoms with Gasteiger partial charge < -0.3 is 15.4 Å². The molecule has 6 heteroatoms. The molecule has 0 saturated carbocycles. The Labute approximate surface area is 101 Å². The van der Waals surface area contributed by atoms with Crippen LogP contribution in [0.15, 0.2) is 12.4 Å². The van der Waals surface area contributed by atoms with Gasteiger partial charge in [-0.05, 0) is 12.8 Å². The number of hydrogen-bond donors (Lipinski definition) is 2.